The molecule has 2 aromatic heterocycles. The third kappa shape index (κ3) is 3.14. The summed E-state index contributed by atoms with van der Waals surface area (Å²) in [7, 11) is 1.79. The van der Waals surface area contributed by atoms with Crippen molar-refractivity contribution in [3.8, 4) is 0 Å². The zero-order valence-electron chi connectivity index (χ0n) is 13.4. The van der Waals surface area contributed by atoms with Gasteiger partial charge < -0.3 is 14.6 Å². The molecule has 1 atom stereocenters. The molecular formula is C18H19N3O2S. The van der Waals surface area contributed by atoms with Gasteiger partial charge in [0.25, 0.3) is 0 Å². The average molecular weight is 341 g/mol. The van der Waals surface area contributed by atoms with E-state index in [1.54, 1.807) is 29.5 Å². The van der Waals surface area contributed by atoms with E-state index in [0.29, 0.717) is 12.5 Å². The first-order chi connectivity index (χ1) is 11.7. The van der Waals surface area contributed by atoms with Gasteiger partial charge in [-0.05, 0) is 30.9 Å². The number of carbonyl (C=O) groups is 1. The second-order valence-corrected chi connectivity index (χ2v) is 7.17. The number of furan rings is 1. The van der Waals surface area contributed by atoms with Gasteiger partial charge in [0.15, 0.2) is 0 Å². The minimum Gasteiger partial charge on any atom is -0.459 e. The van der Waals surface area contributed by atoms with Crippen molar-refractivity contribution < 1.29 is 9.21 Å². The molecule has 24 heavy (non-hydrogen) atoms. The fraction of sp³-hybridized carbons (Fsp3) is 0.333. The van der Waals surface area contributed by atoms with Crippen LogP contribution >= 0.6 is 11.3 Å². The predicted molar refractivity (Wildman–Crippen MR) is 93.8 cm³/mol. The fourth-order valence-electron chi connectivity index (χ4n) is 2.86. The maximum absolute atomic E-state index is 12.6. The van der Waals surface area contributed by atoms with Crippen molar-refractivity contribution >= 4 is 28.3 Å². The predicted octanol–water partition coefficient (Wildman–Crippen LogP) is 4.18. The van der Waals surface area contributed by atoms with Crippen LogP contribution in [0.2, 0.25) is 0 Å². The zero-order valence-corrected chi connectivity index (χ0v) is 14.3. The standard InChI is InChI=1S/C18H19N3O2S/c1-21(11-14-10-13-4-2-3-5-15(13)23-14)18(22)20-16(12-6-7-12)17-19-8-9-24-17/h2-5,8-10,12,16H,6-7,11H2,1H3,(H,20,22)/t16-/m0/s1. The summed E-state index contributed by atoms with van der Waals surface area (Å²) in [5, 5.41) is 7.13. The van der Waals surface area contributed by atoms with Crippen LogP contribution in [0.15, 0.2) is 46.3 Å². The van der Waals surface area contributed by atoms with Crippen molar-refractivity contribution in [1.29, 1.82) is 0 Å². The molecule has 0 bridgehead atoms. The Morgan fingerprint density at radius 3 is 3.00 bits per heavy atom. The van der Waals surface area contributed by atoms with Crippen LogP contribution in [-0.2, 0) is 6.54 Å². The number of benzene rings is 1. The van der Waals surface area contributed by atoms with E-state index in [9.17, 15) is 4.79 Å². The number of urea groups is 1. The minimum absolute atomic E-state index is 0.0237. The van der Waals surface area contributed by atoms with Gasteiger partial charge in [-0.3, -0.25) is 0 Å². The van der Waals surface area contributed by atoms with Gasteiger partial charge in [0.05, 0.1) is 12.6 Å². The number of amides is 2. The number of aromatic nitrogens is 1. The Bertz CT molecular complexity index is 806. The van der Waals surface area contributed by atoms with Gasteiger partial charge in [0, 0.05) is 24.0 Å². The molecule has 4 rings (SSSR count). The van der Waals surface area contributed by atoms with E-state index in [2.05, 4.69) is 10.3 Å². The highest BCUT2D eigenvalue weighted by Gasteiger charge is 2.35. The molecule has 2 heterocycles. The van der Waals surface area contributed by atoms with Crippen LogP contribution in [0.3, 0.4) is 0 Å². The number of rotatable bonds is 5. The van der Waals surface area contributed by atoms with Crippen LogP contribution in [0.4, 0.5) is 4.79 Å². The normalized spacial score (nSPS) is 15.4. The molecule has 1 aliphatic carbocycles. The number of carbonyl (C=O) groups excluding carboxylic acids is 1. The summed E-state index contributed by atoms with van der Waals surface area (Å²) in [6, 6.07) is 9.78. The minimum atomic E-state index is -0.0949. The van der Waals surface area contributed by atoms with Crippen LogP contribution in [-0.4, -0.2) is 23.0 Å². The van der Waals surface area contributed by atoms with Gasteiger partial charge in [-0.2, -0.15) is 0 Å². The number of fused-ring (bicyclic) bond motifs is 1. The van der Waals surface area contributed by atoms with Crippen molar-refractivity contribution in [3.05, 3.63) is 52.7 Å². The highest BCUT2D eigenvalue weighted by molar-refractivity contribution is 7.09. The third-order valence-corrected chi connectivity index (χ3v) is 5.16. The molecule has 0 spiro atoms. The molecule has 1 N–H and O–H groups in total. The van der Waals surface area contributed by atoms with Crippen LogP contribution in [0, 0.1) is 5.92 Å². The third-order valence-electron chi connectivity index (χ3n) is 4.31. The Balaban J connectivity index is 1.43. The number of thiazole rings is 1. The Morgan fingerprint density at radius 1 is 1.46 bits per heavy atom. The summed E-state index contributed by atoms with van der Waals surface area (Å²) in [6.07, 6.45) is 4.09. The van der Waals surface area contributed by atoms with Crippen molar-refractivity contribution in [2.45, 2.75) is 25.4 Å². The number of nitrogens with zero attached hydrogens (tertiary/aromatic N) is 2. The summed E-state index contributed by atoms with van der Waals surface area (Å²) < 4.78 is 5.79. The van der Waals surface area contributed by atoms with Crippen molar-refractivity contribution in [1.82, 2.24) is 15.2 Å². The van der Waals surface area contributed by atoms with Crippen LogP contribution in [0.25, 0.3) is 11.0 Å². The quantitative estimate of drug-likeness (QED) is 0.757. The Kier molecular flexibility index (Phi) is 3.98. The van der Waals surface area contributed by atoms with Crippen molar-refractivity contribution in [2.75, 3.05) is 7.05 Å². The lowest BCUT2D eigenvalue weighted by molar-refractivity contribution is 0.197. The molecule has 1 aromatic carbocycles. The number of nitrogens with one attached hydrogen (secondary N) is 1. The van der Waals surface area contributed by atoms with Crippen LogP contribution in [0.5, 0.6) is 0 Å². The summed E-state index contributed by atoms with van der Waals surface area (Å²) >= 11 is 1.60. The fourth-order valence-corrected chi connectivity index (χ4v) is 3.64. The zero-order chi connectivity index (χ0) is 16.5. The molecule has 0 radical (unpaired) electrons. The van der Waals surface area contributed by atoms with E-state index >= 15 is 0 Å². The van der Waals surface area contributed by atoms with Gasteiger partial charge in [-0.1, -0.05) is 18.2 Å². The first kappa shape index (κ1) is 15.2. The van der Waals surface area contributed by atoms with Gasteiger partial charge in [-0.15, -0.1) is 11.3 Å². The molecular weight excluding hydrogens is 322 g/mol. The molecule has 1 saturated carbocycles. The van der Waals surface area contributed by atoms with Gasteiger partial charge in [0.1, 0.15) is 16.4 Å². The van der Waals surface area contributed by atoms with E-state index in [4.69, 9.17) is 4.42 Å². The second kappa shape index (κ2) is 6.28. The molecule has 0 saturated heterocycles. The lowest BCUT2D eigenvalue weighted by Gasteiger charge is -2.21. The first-order valence-electron chi connectivity index (χ1n) is 8.09. The molecule has 1 aliphatic rings. The van der Waals surface area contributed by atoms with Gasteiger partial charge in [-0.25, -0.2) is 9.78 Å². The van der Waals surface area contributed by atoms with Crippen LogP contribution in [0.1, 0.15) is 29.7 Å². The van der Waals surface area contributed by atoms with E-state index < -0.39 is 0 Å². The smallest absolute Gasteiger partial charge is 0.318 e. The SMILES string of the molecule is CN(Cc1cc2ccccc2o1)C(=O)N[C@H](c1nccs1)C1CC1. The van der Waals surface area contributed by atoms with Gasteiger partial charge >= 0.3 is 6.03 Å². The molecule has 0 aliphatic heterocycles. The van der Waals surface area contributed by atoms with E-state index in [-0.39, 0.29) is 12.1 Å². The van der Waals surface area contributed by atoms with Crippen LogP contribution < -0.4 is 5.32 Å². The topological polar surface area (TPSA) is 58.4 Å². The molecule has 5 nitrogen and oxygen atoms in total. The maximum Gasteiger partial charge on any atom is 0.318 e. The number of para-hydroxylation sites is 1. The summed E-state index contributed by atoms with van der Waals surface area (Å²) in [6.45, 7) is 0.440. The van der Waals surface area contributed by atoms with Gasteiger partial charge in [0.2, 0.25) is 0 Å². The Labute approximate surface area is 144 Å². The molecule has 0 unspecified atom stereocenters. The molecule has 2 amide bonds. The van der Waals surface area contributed by atoms with Crippen molar-refractivity contribution in [3.63, 3.8) is 0 Å². The maximum atomic E-state index is 12.6. The van der Waals surface area contributed by atoms with E-state index in [1.165, 1.54) is 0 Å². The van der Waals surface area contributed by atoms with E-state index in [0.717, 1.165) is 34.6 Å². The number of hydrogen-bond donors (Lipinski definition) is 1. The molecule has 1 fully saturated rings. The Morgan fingerprint density at radius 2 is 2.29 bits per heavy atom. The number of hydrogen-bond acceptors (Lipinski definition) is 4. The van der Waals surface area contributed by atoms with E-state index in [1.807, 2.05) is 35.7 Å². The lowest BCUT2D eigenvalue weighted by Crippen LogP contribution is -2.39. The lowest BCUT2D eigenvalue weighted by atomic mass is 10.2. The monoisotopic (exact) mass is 341 g/mol. The molecule has 124 valence electrons. The Hall–Kier alpha value is -2.34. The summed E-state index contributed by atoms with van der Waals surface area (Å²) in [4.78, 5) is 18.6. The average Bonchev–Trinajstić information content (AvgIpc) is 3.11. The molecule has 3 aromatic rings. The highest BCUT2D eigenvalue weighted by atomic mass is 32.1. The summed E-state index contributed by atoms with van der Waals surface area (Å²) in [5.74, 6) is 1.30. The van der Waals surface area contributed by atoms with Crippen molar-refractivity contribution in [2.24, 2.45) is 5.92 Å². The summed E-state index contributed by atoms with van der Waals surface area (Å²) in [5.41, 5.74) is 0.847. The second-order valence-electron chi connectivity index (χ2n) is 6.24. The largest absolute Gasteiger partial charge is 0.459 e. The highest BCUT2D eigenvalue weighted by Crippen LogP contribution is 2.41. The molecule has 6 heteroatoms. The first-order valence-corrected chi connectivity index (χ1v) is 8.97.